The van der Waals surface area contributed by atoms with Crippen molar-refractivity contribution in [3.8, 4) is 0 Å². The van der Waals surface area contributed by atoms with Gasteiger partial charge in [0.1, 0.15) is 0 Å². The first-order valence-corrected chi connectivity index (χ1v) is 9.57. The van der Waals surface area contributed by atoms with Crippen molar-refractivity contribution in [2.75, 3.05) is 18.5 Å². The van der Waals surface area contributed by atoms with Crippen LogP contribution in [0.25, 0.3) is 0 Å². The number of ether oxygens (including phenoxy) is 1. The zero-order chi connectivity index (χ0) is 22.6. The highest BCUT2D eigenvalue weighted by atomic mass is 35.5. The second-order valence-corrected chi connectivity index (χ2v) is 7.20. The van der Waals surface area contributed by atoms with Crippen LogP contribution in [0.2, 0.25) is 5.02 Å². The van der Waals surface area contributed by atoms with Crippen molar-refractivity contribution in [1.82, 2.24) is 9.88 Å². The van der Waals surface area contributed by atoms with Crippen LogP contribution >= 0.6 is 11.6 Å². The molecule has 7 nitrogen and oxygen atoms in total. The fourth-order valence-electron chi connectivity index (χ4n) is 2.91. The molecule has 0 bridgehead atoms. The SMILES string of the molecule is O=C(COC(=O)c1ccc(CN2CCCC2=O)cc1)Nc1ncc(C(F)(F)F)cc1Cl. The number of nitrogens with one attached hydrogen (secondary N) is 1. The lowest BCUT2D eigenvalue weighted by atomic mass is 10.1. The van der Waals surface area contributed by atoms with Crippen LogP contribution in [0.4, 0.5) is 19.0 Å². The Morgan fingerprint density at radius 1 is 1.23 bits per heavy atom. The Morgan fingerprint density at radius 2 is 1.94 bits per heavy atom. The first kappa shape index (κ1) is 22.5. The van der Waals surface area contributed by atoms with Gasteiger partial charge in [0, 0.05) is 25.7 Å². The maximum Gasteiger partial charge on any atom is 0.417 e. The third kappa shape index (κ3) is 5.94. The van der Waals surface area contributed by atoms with Gasteiger partial charge in [0.05, 0.1) is 16.1 Å². The highest BCUT2D eigenvalue weighted by Gasteiger charge is 2.31. The molecule has 0 unspecified atom stereocenters. The summed E-state index contributed by atoms with van der Waals surface area (Å²) >= 11 is 5.71. The summed E-state index contributed by atoms with van der Waals surface area (Å²) in [5, 5.41) is 1.78. The molecule has 1 aromatic heterocycles. The van der Waals surface area contributed by atoms with Gasteiger partial charge in [-0.2, -0.15) is 13.2 Å². The predicted molar refractivity (Wildman–Crippen MR) is 104 cm³/mol. The van der Waals surface area contributed by atoms with E-state index in [1.165, 1.54) is 12.1 Å². The van der Waals surface area contributed by atoms with Crippen LogP contribution in [0.15, 0.2) is 36.5 Å². The van der Waals surface area contributed by atoms with E-state index in [2.05, 4.69) is 10.3 Å². The summed E-state index contributed by atoms with van der Waals surface area (Å²) in [7, 11) is 0. The Balaban J connectivity index is 1.51. The van der Waals surface area contributed by atoms with E-state index < -0.39 is 35.2 Å². The number of pyridine rings is 1. The third-order valence-electron chi connectivity index (χ3n) is 4.50. The molecule has 3 rings (SSSR count). The van der Waals surface area contributed by atoms with E-state index in [1.54, 1.807) is 17.0 Å². The number of alkyl halides is 3. The zero-order valence-electron chi connectivity index (χ0n) is 16.0. The zero-order valence-corrected chi connectivity index (χ0v) is 16.8. The summed E-state index contributed by atoms with van der Waals surface area (Å²) < 4.78 is 42.8. The van der Waals surface area contributed by atoms with Gasteiger partial charge in [-0.05, 0) is 30.2 Å². The Labute approximate surface area is 180 Å². The molecule has 0 radical (unpaired) electrons. The average Bonchev–Trinajstić information content (AvgIpc) is 3.12. The van der Waals surface area contributed by atoms with Gasteiger partial charge in [0.25, 0.3) is 5.91 Å². The quantitative estimate of drug-likeness (QED) is 0.671. The number of esters is 1. The molecule has 0 atom stereocenters. The Hall–Kier alpha value is -3.14. The fraction of sp³-hybridized carbons (Fsp3) is 0.300. The van der Waals surface area contributed by atoms with E-state index in [4.69, 9.17) is 16.3 Å². The lowest BCUT2D eigenvalue weighted by Crippen LogP contribution is -2.24. The first-order valence-electron chi connectivity index (χ1n) is 9.20. The van der Waals surface area contributed by atoms with Gasteiger partial charge in [0.15, 0.2) is 12.4 Å². The summed E-state index contributed by atoms with van der Waals surface area (Å²) in [6.45, 7) is 0.481. The molecule has 0 aliphatic carbocycles. The van der Waals surface area contributed by atoms with Crippen LogP contribution in [-0.2, 0) is 27.0 Å². The van der Waals surface area contributed by atoms with Crippen LogP contribution in [-0.4, -0.2) is 40.8 Å². The third-order valence-corrected chi connectivity index (χ3v) is 4.78. The van der Waals surface area contributed by atoms with E-state index in [1.807, 2.05) is 0 Å². The number of hydrogen-bond acceptors (Lipinski definition) is 5. The lowest BCUT2D eigenvalue weighted by molar-refractivity contribution is -0.137. The minimum Gasteiger partial charge on any atom is -0.452 e. The molecule has 2 heterocycles. The van der Waals surface area contributed by atoms with Gasteiger partial charge in [-0.15, -0.1) is 0 Å². The molecule has 31 heavy (non-hydrogen) atoms. The Bertz CT molecular complexity index is 996. The van der Waals surface area contributed by atoms with Gasteiger partial charge >= 0.3 is 12.1 Å². The van der Waals surface area contributed by atoms with E-state index in [-0.39, 0.29) is 17.3 Å². The monoisotopic (exact) mass is 455 g/mol. The largest absolute Gasteiger partial charge is 0.452 e. The number of likely N-dealkylation sites (tertiary alicyclic amines) is 1. The standard InChI is InChI=1S/C20H17ClF3N3O4/c21-15-8-14(20(22,23)24)9-25-18(15)26-16(28)11-31-19(30)13-5-3-12(4-6-13)10-27-7-1-2-17(27)29/h3-6,8-9H,1-2,7,10-11H2,(H,25,26,28). The minimum absolute atomic E-state index is 0.0946. The molecule has 1 N–H and O–H groups in total. The maximum atomic E-state index is 12.6. The fourth-order valence-corrected chi connectivity index (χ4v) is 3.12. The molecular formula is C20H17ClF3N3O4. The normalized spacial score (nSPS) is 13.9. The van der Waals surface area contributed by atoms with Gasteiger partial charge in [-0.3, -0.25) is 9.59 Å². The van der Waals surface area contributed by atoms with Gasteiger partial charge < -0.3 is 15.0 Å². The number of carbonyl (C=O) groups is 3. The predicted octanol–water partition coefficient (Wildman–Crippen LogP) is 3.67. The molecule has 1 aliphatic rings. The number of rotatable bonds is 6. The summed E-state index contributed by atoms with van der Waals surface area (Å²) in [4.78, 5) is 40.9. The molecule has 0 saturated carbocycles. The number of aromatic nitrogens is 1. The summed E-state index contributed by atoms with van der Waals surface area (Å²) in [5.41, 5.74) is 0.00187. The van der Waals surface area contributed by atoms with Crippen molar-refractivity contribution < 1.29 is 32.3 Å². The molecular weight excluding hydrogens is 439 g/mol. The van der Waals surface area contributed by atoms with Crippen LogP contribution in [0.5, 0.6) is 0 Å². The second-order valence-electron chi connectivity index (χ2n) is 6.79. The van der Waals surface area contributed by atoms with Crippen molar-refractivity contribution in [1.29, 1.82) is 0 Å². The number of nitrogens with zero attached hydrogens (tertiary/aromatic N) is 2. The van der Waals surface area contributed by atoms with Crippen molar-refractivity contribution >= 4 is 35.2 Å². The number of halogens is 4. The van der Waals surface area contributed by atoms with Crippen molar-refractivity contribution in [2.24, 2.45) is 0 Å². The number of benzene rings is 1. The second kappa shape index (κ2) is 9.34. The van der Waals surface area contributed by atoms with Gasteiger partial charge in [-0.25, -0.2) is 9.78 Å². The van der Waals surface area contributed by atoms with Crippen LogP contribution in [0.3, 0.4) is 0 Å². The van der Waals surface area contributed by atoms with Gasteiger partial charge in [-0.1, -0.05) is 23.7 Å². The topological polar surface area (TPSA) is 88.6 Å². The number of amides is 2. The maximum absolute atomic E-state index is 12.6. The number of anilines is 1. The first-order chi connectivity index (χ1) is 14.6. The lowest BCUT2D eigenvalue weighted by Gasteiger charge is -2.15. The van der Waals surface area contributed by atoms with Crippen molar-refractivity contribution in [3.63, 3.8) is 0 Å². The van der Waals surface area contributed by atoms with E-state index in [0.29, 0.717) is 31.8 Å². The van der Waals surface area contributed by atoms with E-state index in [9.17, 15) is 27.6 Å². The highest BCUT2D eigenvalue weighted by molar-refractivity contribution is 6.33. The van der Waals surface area contributed by atoms with Crippen LogP contribution in [0, 0.1) is 0 Å². The Morgan fingerprint density at radius 3 is 2.52 bits per heavy atom. The molecule has 11 heteroatoms. The van der Waals surface area contributed by atoms with Crippen molar-refractivity contribution in [2.45, 2.75) is 25.6 Å². The molecule has 1 aliphatic heterocycles. The Kier molecular flexibility index (Phi) is 6.79. The molecule has 1 saturated heterocycles. The molecule has 1 aromatic carbocycles. The minimum atomic E-state index is -4.62. The number of hydrogen-bond donors (Lipinski definition) is 1. The van der Waals surface area contributed by atoms with E-state index >= 15 is 0 Å². The molecule has 2 aromatic rings. The van der Waals surface area contributed by atoms with Crippen LogP contribution in [0.1, 0.15) is 34.3 Å². The smallest absolute Gasteiger partial charge is 0.417 e. The molecule has 2 amide bonds. The summed E-state index contributed by atoms with van der Waals surface area (Å²) in [5.74, 6) is -1.76. The van der Waals surface area contributed by atoms with Gasteiger partial charge in [0.2, 0.25) is 5.91 Å². The number of carbonyl (C=O) groups excluding carboxylic acids is 3. The van der Waals surface area contributed by atoms with Crippen molar-refractivity contribution in [3.05, 3.63) is 58.2 Å². The summed E-state index contributed by atoms with van der Waals surface area (Å²) in [6.07, 6.45) is -2.71. The average molecular weight is 456 g/mol. The molecule has 164 valence electrons. The molecule has 0 spiro atoms. The van der Waals surface area contributed by atoms with Crippen LogP contribution < -0.4 is 5.32 Å². The molecule has 1 fully saturated rings. The highest BCUT2D eigenvalue weighted by Crippen LogP contribution is 2.32. The van der Waals surface area contributed by atoms with E-state index in [0.717, 1.165) is 12.0 Å². The summed E-state index contributed by atoms with van der Waals surface area (Å²) in [6, 6.07) is 7.05.